The highest BCUT2D eigenvalue weighted by Crippen LogP contribution is 2.21. The molecule has 0 N–H and O–H groups in total. The van der Waals surface area contributed by atoms with Gasteiger partial charge in [-0.05, 0) is 34.5 Å². The van der Waals surface area contributed by atoms with Gasteiger partial charge in [-0.1, -0.05) is 28.4 Å². The fourth-order valence-corrected chi connectivity index (χ4v) is 1.70. The molecule has 0 atom stereocenters. The van der Waals surface area contributed by atoms with E-state index in [1.807, 2.05) is 6.07 Å². The minimum atomic E-state index is 0.895. The van der Waals surface area contributed by atoms with Crippen LogP contribution in [-0.2, 0) is 0 Å². The SMILES string of the molecule is CC/C(=C/c1occc1Br)CBr. The van der Waals surface area contributed by atoms with Gasteiger partial charge in [0, 0.05) is 5.33 Å². The lowest BCUT2D eigenvalue weighted by Gasteiger charge is -1.96. The third kappa shape index (κ3) is 2.49. The lowest BCUT2D eigenvalue weighted by Crippen LogP contribution is -1.80. The van der Waals surface area contributed by atoms with Crippen molar-refractivity contribution in [2.45, 2.75) is 13.3 Å². The number of alkyl halides is 1. The summed E-state index contributed by atoms with van der Waals surface area (Å²) in [7, 11) is 0. The van der Waals surface area contributed by atoms with Gasteiger partial charge in [0.05, 0.1) is 10.7 Å². The van der Waals surface area contributed by atoms with Crippen molar-refractivity contribution in [3.63, 3.8) is 0 Å². The van der Waals surface area contributed by atoms with Gasteiger partial charge in [-0.25, -0.2) is 0 Å². The number of allylic oxidation sites excluding steroid dienone is 1. The van der Waals surface area contributed by atoms with Crippen molar-refractivity contribution >= 4 is 37.9 Å². The third-order valence-electron chi connectivity index (χ3n) is 1.61. The maximum absolute atomic E-state index is 5.25. The summed E-state index contributed by atoms with van der Waals surface area (Å²) in [6.07, 6.45) is 4.77. The molecule has 66 valence electrons. The summed E-state index contributed by atoms with van der Waals surface area (Å²) in [4.78, 5) is 0. The predicted molar refractivity (Wildman–Crippen MR) is 58.5 cm³/mol. The van der Waals surface area contributed by atoms with Crippen LogP contribution < -0.4 is 0 Å². The molecule has 0 spiro atoms. The summed E-state index contributed by atoms with van der Waals surface area (Å²) in [6.45, 7) is 2.13. The molecule has 1 rings (SSSR count). The molecule has 1 nitrogen and oxygen atoms in total. The van der Waals surface area contributed by atoms with Crippen molar-refractivity contribution in [2.75, 3.05) is 5.33 Å². The zero-order valence-corrected chi connectivity index (χ0v) is 9.98. The van der Waals surface area contributed by atoms with Crippen LogP contribution in [0.1, 0.15) is 19.1 Å². The Kier molecular flexibility index (Phi) is 4.09. The summed E-state index contributed by atoms with van der Waals surface area (Å²) >= 11 is 6.82. The fourth-order valence-electron chi connectivity index (χ4n) is 0.829. The van der Waals surface area contributed by atoms with Gasteiger partial charge in [-0.15, -0.1) is 0 Å². The first kappa shape index (κ1) is 10.1. The van der Waals surface area contributed by atoms with Crippen LogP contribution in [0, 0.1) is 0 Å². The molecule has 0 saturated carbocycles. The Morgan fingerprint density at radius 2 is 2.42 bits per heavy atom. The van der Waals surface area contributed by atoms with E-state index in [0.29, 0.717) is 0 Å². The second-order valence-corrected chi connectivity index (χ2v) is 3.84. The van der Waals surface area contributed by atoms with Crippen LogP contribution in [0.25, 0.3) is 6.08 Å². The van der Waals surface area contributed by atoms with Crippen LogP contribution in [0.15, 0.2) is 26.8 Å². The van der Waals surface area contributed by atoms with Crippen LogP contribution >= 0.6 is 31.9 Å². The van der Waals surface area contributed by atoms with E-state index in [1.165, 1.54) is 5.57 Å². The minimum Gasteiger partial charge on any atom is -0.464 e. The van der Waals surface area contributed by atoms with E-state index in [1.54, 1.807) is 6.26 Å². The van der Waals surface area contributed by atoms with Crippen molar-refractivity contribution in [3.05, 3.63) is 28.1 Å². The van der Waals surface area contributed by atoms with Gasteiger partial charge < -0.3 is 4.42 Å². The highest BCUT2D eigenvalue weighted by atomic mass is 79.9. The van der Waals surface area contributed by atoms with Gasteiger partial charge in [-0.3, -0.25) is 0 Å². The molecule has 1 aromatic heterocycles. The third-order valence-corrected chi connectivity index (χ3v) is 2.98. The van der Waals surface area contributed by atoms with Crippen LogP contribution in [-0.4, -0.2) is 5.33 Å². The average Bonchev–Trinajstić information content (AvgIpc) is 2.47. The maximum Gasteiger partial charge on any atom is 0.140 e. The monoisotopic (exact) mass is 292 g/mol. The Hall–Kier alpha value is -0.0200. The summed E-state index contributed by atoms with van der Waals surface area (Å²) < 4.78 is 6.26. The molecule has 0 aliphatic rings. The molecule has 1 aromatic rings. The molecule has 0 unspecified atom stereocenters. The van der Waals surface area contributed by atoms with E-state index in [2.05, 4.69) is 44.9 Å². The van der Waals surface area contributed by atoms with Gasteiger partial charge in [0.25, 0.3) is 0 Å². The molecule has 12 heavy (non-hydrogen) atoms. The van der Waals surface area contributed by atoms with Gasteiger partial charge in [-0.2, -0.15) is 0 Å². The molecule has 0 aliphatic carbocycles. The second kappa shape index (κ2) is 4.87. The van der Waals surface area contributed by atoms with E-state index >= 15 is 0 Å². The Morgan fingerprint density at radius 1 is 1.67 bits per heavy atom. The van der Waals surface area contributed by atoms with Crippen molar-refractivity contribution in [3.8, 4) is 0 Å². The van der Waals surface area contributed by atoms with Crippen LogP contribution in [0.2, 0.25) is 0 Å². The maximum atomic E-state index is 5.25. The summed E-state index contributed by atoms with van der Waals surface area (Å²) in [6, 6.07) is 1.90. The van der Waals surface area contributed by atoms with Crippen molar-refractivity contribution in [1.29, 1.82) is 0 Å². The number of hydrogen-bond donors (Lipinski definition) is 0. The van der Waals surface area contributed by atoms with Gasteiger partial charge in [0.1, 0.15) is 5.76 Å². The molecule has 1 heterocycles. The summed E-state index contributed by atoms with van der Waals surface area (Å²) in [5.41, 5.74) is 1.32. The molecule has 0 aliphatic heterocycles. The Morgan fingerprint density at radius 3 is 2.83 bits per heavy atom. The standard InChI is InChI=1S/C9H10Br2O/c1-2-7(6-10)5-9-8(11)3-4-12-9/h3-5H,2,6H2,1H3/b7-5-. The fraction of sp³-hybridized carbons (Fsp3) is 0.333. The first-order valence-corrected chi connectivity index (χ1v) is 5.67. The Labute approximate surface area is 89.1 Å². The van der Waals surface area contributed by atoms with Crippen molar-refractivity contribution < 1.29 is 4.42 Å². The zero-order valence-electron chi connectivity index (χ0n) is 6.81. The summed E-state index contributed by atoms with van der Waals surface area (Å²) in [5, 5.41) is 0.899. The van der Waals surface area contributed by atoms with E-state index in [-0.39, 0.29) is 0 Å². The van der Waals surface area contributed by atoms with Crippen molar-refractivity contribution in [2.24, 2.45) is 0 Å². The number of halogens is 2. The molecule has 0 radical (unpaired) electrons. The minimum absolute atomic E-state index is 0.895. The molecule has 0 saturated heterocycles. The molecule has 0 amide bonds. The Bertz CT molecular complexity index is 270. The molecule has 0 bridgehead atoms. The normalized spacial score (nSPS) is 12.1. The summed E-state index contributed by atoms with van der Waals surface area (Å²) in [5.74, 6) is 0.895. The molecule has 0 aromatic carbocycles. The zero-order chi connectivity index (χ0) is 8.97. The number of furan rings is 1. The number of hydrogen-bond acceptors (Lipinski definition) is 1. The van der Waals surface area contributed by atoms with E-state index in [0.717, 1.165) is 22.0 Å². The highest BCUT2D eigenvalue weighted by Gasteiger charge is 2.00. The second-order valence-electron chi connectivity index (χ2n) is 2.42. The van der Waals surface area contributed by atoms with Gasteiger partial charge in [0.15, 0.2) is 0 Å². The number of rotatable bonds is 3. The van der Waals surface area contributed by atoms with Crippen LogP contribution in [0.5, 0.6) is 0 Å². The first-order chi connectivity index (χ1) is 5.77. The topological polar surface area (TPSA) is 13.1 Å². The highest BCUT2D eigenvalue weighted by molar-refractivity contribution is 9.10. The lowest BCUT2D eigenvalue weighted by atomic mass is 10.2. The quantitative estimate of drug-likeness (QED) is 0.760. The molecule has 0 fully saturated rings. The average molecular weight is 294 g/mol. The molecule has 3 heteroatoms. The molecular weight excluding hydrogens is 284 g/mol. The van der Waals surface area contributed by atoms with Gasteiger partial charge >= 0.3 is 0 Å². The smallest absolute Gasteiger partial charge is 0.140 e. The largest absolute Gasteiger partial charge is 0.464 e. The Balaban J connectivity index is 2.85. The first-order valence-electron chi connectivity index (χ1n) is 3.76. The van der Waals surface area contributed by atoms with Crippen LogP contribution in [0.3, 0.4) is 0 Å². The van der Waals surface area contributed by atoms with Crippen molar-refractivity contribution in [1.82, 2.24) is 0 Å². The van der Waals surface area contributed by atoms with Gasteiger partial charge in [0.2, 0.25) is 0 Å². The van der Waals surface area contributed by atoms with E-state index in [4.69, 9.17) is 4.42 Å². The van der Waals surface area contributed by atoms with E-state index in [9.17, 15) is 0 Å². The lowest BCUT2D eigenvalue weighted by molar-refractivity contribution is 0.555. The van der Waals surface area contributed by atoms with Crippen LogP contribution in [0.4, 0.5) is 0 Å². The predicted octanol–water partition coefficient (Wildman–Crippen LogP) is 4.23. The van der Waals surface area contributed by atoms with E-state index < -0.39 is 0 Å². The molecular formula is C9H10Br2O.